The molecule has 1 aromatic rings. The molecule has 80 valence electrons. The molecule has 0 spiro atoms. The lowest BCUT2D eigenvalue weighted by atomic mass is 10.2. The molecule has 1 rings (SSSR count). The van der Waals surface area contributed by atoms with Crippen LogP contribution in [0.25, 0.3) is 0 Å². The zero-order chi connectivity index (χ0) is 10.7. The van der Waals surface area contributed by atoms with Crippen LogP contribution in [0.2, 0.25) is 0 Å². The van der Waals surface area contributed by atoms with E-state index in [2.05, 4.69) is 38.1 Å². The van der Waals surface area contributed by atoms with E-state index in [1.807, 2.05) is 11.7 Å². The zero-order valence-corrected chi connectivity index (χ0v) is 9.89. The lowest BCUT2D eigenvalue weighted by Gasteiger charge is -2.11. The van der Waals surface area contributed by atoms with Gasteiger partial charge in [0.2, 0.25) is 0 Å². The van der Waals surface area contributed by atoms with Gasteiger partial charge in [-0.2, -0.15) is 5.10 Å². The third kappa shape index (κ3) is 2.35. The monoisotopic (exact) mass is 195 g/mol. The third-order valence-corrected chi connectivity index (χ3v) is 2.90. The Morgan fingerprint density at radius 3 is 2.50 bits per heavy atom. The molecule has 1 atom stereocenters. The van der Waals surface area contributed by atoms with Crippen LogP contribution in [0, 0.1) is 13.8 Å². The molecule has 1 unspecified atom stereocenters. The SMILES string of the molecule is CCC(C)NCc1c(C)nn(C)c1C. The van der Waals surface area contributed by atoms with E-state index in [-0.39, 0.29) is 0 Å². The summed E-state index contributed by atoms with van der Waals surface area (Å²) < 4.78 is 1.95. The lowest BCUT2D eigenvalue weighted by Crippen LogP contribution is -2.24. The average Bonchev–Trinajstić information content (AvgIpc) is 2.39. The van der Waals surface area contributed by atoms with Gasteiger partial charge in [0, 0.05) is 30.9 Å². The minimum absolute atomic E-state index is 0.578. The summed E-state index contributed by atoms with van der Waals surface area (Å²) in [6.45, 7) is 9.52. The van der Waals surface area contributed by atoms with E-state index in [9.17, 15) is 0 Å². The Kier molecular flexibility index (Phi) is 3.69. The Bertz CT molecular complexity index is 302. The maximum atomic E-state index is 4.39. The molecule has 0 aliphatic heterocycles. The van der Waals surface area contributed by atoms with Crippen LogP contribution in [-0.2, 0) is 13.6 Å². The first-order chi connectivity index (χ1) is 6.56. The van der Waals surface area contributed by atoms with Crippen molar-refractivity contribution in [3.63, 3.8) is 0 Å². The Labute approximate surface area is 86.5 Å². The topological polar surface area (TPSA) is 29.9 Å². The highest BCUT2D eigenvalue weighted by Crippen LogP contribution is 2.11. The van der Waals surface area contributed by atoms with Crippen molar-refractivity contribution >= 4 is 0 Å². The summed E-state index contributed by atoms with van der Waals surface area (Å²) in [6.07, 6.45) is 1.17. The second-order valence-corrected chi connectivity index (χ2v) is 3.96. The second-order valence-electron chi connectivity index (χ2n) is 3.96. The van der Waals surface area contributed by atoms with Crippen LogP contribution in [0.4, 0.5) is 0 Å². The highest BCUT2D eigenvalue weighted by Gasteiger charge is 2.09. The minimum Gasteiger partial charge on any atom is -0.310 e. The van der Waals surface area contributed by atoms with Crippen molar-refractivity contribution in [3.05, 3.63) is 17.0 Å². The van der Waals surface area contributed by atoms with Gasteiger partial charge in [0.15, 0.2) is 0 Å². The zero-order valence-electron chi connectivity index (χ0n) is 9.89. The van der Waals surface area contributed by atoms with E-state index in [1.165, 1.54) is 17.7 Å². The molecule has 0 bridgehead atoms. The van der Waals surface area contributed by atoms with Gasteiger partial charge in [-0.1, -0.05) is 6.92 Å². The van der Waals surface area contributed by atoms with Crippen LogP contribution in [0.15, 0.2) is 0 Å². The van der Waals surface area contributed by atoms with Gasteiger partial charge < -0.3 is 5.32 Å². The van der Waals surface area contributed by atoms with E-state index < -0.39 is 0 Å². The van der Waals surface area contributed by atoms with E-state index in [4.69, 9.17) is 0 Å². The van der Waals surface area contributed by atoms with Crippen LogP contribution >= 0.6 is 0 Å². The summed E-state index contributed by atoms with van der Waals surface area (Å²) in [5.41, 5.74) is 3.74. The number of hydrogen-bond acceptors (Lipinski definition) is 2. The summed E-state index contributed by atoms with van der Waals surface area (Å²) in [4.78, 5) is 0. The van der Waals surface area contributed by atoms with E-state index in [1.54, 1.807) is 0 Å². The van der Waals surface area contributed by atoms with Crippen molar-refractivity contribution in [2.45, 2.75) is 46.7 Å². The Balaban J connectivity index is 2.67. The molecule has 0 saturated carbocycles. The summed E-state index contributed by atoms with van der Waals surface area (Å²) >= 11 is 0. The van der Waals surface area contributed by atoms with Gasteiger partial charge in [-0.15, -0.1) is 0 Å². The number of hydrogen-bond donors (Lipinski definition) is 1. The quantitative estimate of drug-likeness (QED) is 0.795. The normalized spacial score (nSPS) is 13.2. The fraction of sp³-hybridized carbons (Fsp3) is 0.727. The number of rotatable bonds is 4. The van der Waals surface area contributed by atoms with E-state index >= 15 is 0 Å². The Hall–Kier alpha value is -0.830. The maximum absolute atomic E-state index is 4.39. The fourth-order valence-electron chi connectivity index (χ4n) is 1.49. The molecule has 0 aliphatic carbocycles. The highest BCUT2D eigenvalue weighted by molar-refractivity contribution is 5.23. The molecule has 1 aromatic heterocycles. The Morgan fingerprint density at radius 1 is 1.43 bits per heavy atom. The van der Waals surface area contributed by atoms with Crippen molar-refractivity contribution in [2.75, 3.05) is 0 Å². The smallest absolute Gasteiger partial charge is 0.0641 e. The van der Waals surface area contributed by atoms with Gasteiger partial charge >= 0.3 is 0 Å². The van der Waals surface area contributed by atoms with Gasteiger partial charge in [0.1, 0.15) is 0 Å². The number of nitrogens with one attached hydrogen (secondary N) is 1. The summed E-state index contributed by atoms with van der Waals surface area (Å²) in [5.74, 6) is 0. The molecular weight excluding hydrogens is 174 g/mol. The van der Waals surface area contributed by atoms with E-state index in [0.717, 1.165) is 12.2 Å². The van der Waals surface area contributed by atoms with Crippen LogP contribution < -0.4 is 5.32 Å². The van der Waals surface area contributed by atoms with Crippen LogP contribution in [0.5, 0.6) is 0 Å². The van der Waals surface area contributed by atoms with Crippen LogP contribution in [-0.4, -0.2) is 15.8 Å². The molecule has 0 radical (unpaired) electrons. The predicted octanol–water partition coefficient (Wildman–Crippen LogP) is 1.93. The average molecular weight is 195 g/mol. The molecule has 3 heteroatoms. The molecule has 0 fully saturated rings. The summed E-state index contributed by atoms with van der Waals surface area (Å²) in [7, 11) is 2.00. The molecule has 0 saturated heterocycles. The standard InChI is InChI=1S/C11H21N3/c1-6-8(2)12-7-11-9(3)13-14(5)10(11)4/h8,12H,6-7H2,1-5H3. The van der Waals surface area contributed by atoms with Crippen LogP contribution in [0.1, 0.15) is 37.2 Å². The van der Waals surface area contributed by atoms with Crippen molar-refractivity contribution in [3.8, 4) is 0 Å². The van der Waals surface area contributed by atoms with Gasteiger partial charge in [0.05, 0.1) is 5.69 Å². The molecule has 1 heterocycles. The van der Waals surface area contributed by atoms with Crippen molar-refractivity contribution in [1.82, 2.24) is 15.1 Å². The van der Waals surface area contributed by atoms with Crippen molar-refractivity contribution in [2.24, 2.45) is 7.05 Å². The number of nitrogens with zero attached hydrogens (tertiary/aromatic N) is 2. The summed E-state index contributed by atoms with van der Waals surface area (Å²) in [5, 5.41) is 7.88. The predicted molar refractivity (Wildman–Crippen MR) is 59.3 cm³/mol. The van der Waals surface area contributed by atoms with Crippen molar-refractivity contribution in [1.29, 1.82) is 0 Å². The lowest BCUT2D eigenvalue weighted by molar-refractivity contribution is 0.532. The van der Waals surface area contributed by atoms with Gasteiger partial charge in [-0.05, 0) is 27.2 Å². The first kappa shape index (κ1) is 11.2. The second kappa shape index (κ2) is 4.60. The molecule has 14 heavy (non-hydrogen) atoms. The first-order valence-corrected chi connectivity index (χ1v) is 5.28. The summed E-state index contributed by atoms with van der Waals surface area (Å²) in [6, 6.07) is 0.578. The molecule has 1 N–H and O–H groups in total. The molecule has 0 aromatic carbocycles. The molecular formula is C11H21N3. The van der Waals surface area contributed by atoms with Gasteiger partial charge in [-0.3, -0.25) is 4.68 Å². The highest BCUT2D eigenvalue weighted by atomic mass is 15.3. The fourth-order valence-corrected chi connectivity index (χ4v) is 1.49. The van der Waals surface area contributed by atoms with Gasteiger partial charge in [-0.25, -0.2) is 0 Å². The van der Waals surface area contributed by atoms with E-state index in [0.29, 0.717) is 6.04 Å². The first-order valence-electron chi connectivity index (χ1n) is 5.28. The van der Waals surface area contributed by atoms with Crippen molar-refractivity contribution < 1.29 is 0 Å². The minimum atomic E-state index is 0.578. The van der Waals surface area contributed by atoms with Crippen LogP contribution in [0.3, 0.4) is 0 Å². The molecule has 0 aliphatic rings. The molecule has 3 nitrogen and oxygen atoms in total. The Morgan fingerprint density at radius 2 is 2.07 bits per heavy atom. The number of aryl methyl sites for hydroxylation is 2. The molecule has 0 amide bonds. The van der Waals surface area contributed by atoms with Gasteiger partial charge in [0.25, 0.3) is 0 Å². The number of aromatic nitrogens is 2. The maximum Gasteiger partial charge on any atom is 0.0641 e. The largest absolute Gasteiger partial charge is 0.310 e. The third-order valence-electron chi connectivity index (χ3n) is 2.90.